The summed E-state index contributed by atoms with van der Waals surface area (Å²) < 4.78 is 0. The molecular formula is C14H13N3O2S. The predicted molar refractivity (Wildman–Crippen MR) is 84.1 cm³/mol. The second-order valence-corrected chi connectivity index (χ2v) is 4.66. The zero-order chi connectivity index (χ0) is 14.5. The molecule has 0 aliphatic carbocycles. The molecule has 0 aliphatic heterocycles. The minimum absolute atomic E-state index is 0.0490. The topological polar surface area (TPSA) is 67.2 Å². The lowest BCUT2D eigenvalue weighted by molar-refractivity contribution is -0.384. The summed E-state index contributed by atoms with van der Waals surface area (Å²) in [6, 6.07) is 13.9. The van der Waals surface area contributed by atoms with Crippen LogP contribution in [-0.2, 0) is 0 Å². The van der Waals surface area contributed by atoms with Gasteiger partial charge < -0.3 is 10.6 Å². The van der Waals surface area contributed by atoms with E-state index < -0.39 is 4.92 Å². The first-order valence-corrected chi connectivity index (χ1v) is 6.34. The molecule has 0 heterocycles. The van der Waals surface area contributed by atoms with Gasteiger partial charge in [-0.15, -0.1) is 0 Å². The van der Waals surface area contributed by atoms with Crippen molar-refractivity contribution in [3.05, 3.63) is 64.2 Å². The monoisotopic (exact) mass is 287 g/mol. The van der Waals surface area contributed by atoms with E-state index >= 15 is 0 Å². The normalized spacial score (nSPS) is 9.85. The number of hydrogen-bond donors (Lipinski definition) is 2. The van der Waals surface area contributed by atoms with Crippen molar-refractivity contribution in [2.24, 2.45) is 0 Å². The van der Waals surface area contributed by atoms with Crippen molar-refractivity contribution in [1.82, 2.24) is 0 Å². The molecule has 0 aliphatic rings. The van der Waals surface area contributed by atoms with Gasteiger partial charge in [-0.25, -0.2) is 0 Å². The van der Waals surface area contributed by atoms with Gasteiger partial charge >= 0.3 is 0 Å². The van der Waals surface area contributed by atoms with Crippen LogP contribution in [0, 0.1) is 17.0 Å². The molecule has 6 heteroatoms. The molecule has 2 aromatic rings. The van der Waals surface area contributed by atoms with E-state index in [1.807, 2.05) is 31.2 Å². The molecule has 0 bridgehead atoms. The number of aryl methyl sites for hydroxylation is 1. The summed E-state index contributed by atoms with van der Waals surface area (Å²) >= 11 is 5.18. The van der Waals surface area contributed by atoms with E-state index in [0.29, 0.717) is 10.8 Å². The molecule has 0 atom stereocenters. The average molecular weight is 287 g/mol. The van der Waals surface area contributed by atoms with Crippen LogP contribution >= 0.6 is 12.2 Å². The Labute approximate surface area is 121 Å². The second-order valence-electron chi connectivity index (χ2n) is 4.25. The fourth-order valence-electron chi connectivity index (χ4n) is 1.60. The van der Waals surface area contributed by atoms with Gasteiger partial charge in [-0.2, -0.15) is 0 Å². The van der Waals surface area contributed by atoms with Crippen molar-refractivity contribution in [2.45, 2.75) is 6.92 Å². The standard InChI is InChI=1S/C14H13N3O2S/c1-10-2-4-11(5-3-10)15-14(20)16-12-6-8-13(9-7-12)17(18)19/h2-9H,1H3,(H2,15,16,20). The Kier molecular flexibility index (Phi) is 4.27. The molecule has 2 aromatic carbocycles. The molecule has 0 spiro atoms. The lowest BCUT2D eigenvalue weighted by atomic mass is 10.2. The van der Waals surface area contributed by atoms with Gasteiger partial charge in [0.2, 0.25) is 0 Å². The van der Waals surface area contributed by atoms with E-state index in [4.69, 9.17) is 12.2 Å². The Hall–Kier alpha value is -2.47. The van der Waals surface area contributed by atoms with Crippen LogP contribution in [0.25, 0.3) is 0 Å². The predicted octanol–water partition coefficient (Wildman–Crippen LogP) is 3.71. The average Bonchev–Trinajstić information content (AvgIpc) is 2.42. The maximum Gasteiger partial charge on any atom is 0.269 e. The molecule has 0 fully saturated rings. The van der Waals surface area contributed by atoms with Crippen LogP contribution in [0.1, 0.15) is 5.56 Å². The Bertz CT molecular complexity index is 624. The molecule has 2 N–H and O–H groups in total. The van der Waals surface area contributed by atoms with Crippen LogP contribution in [0.5, 0.6) is 0 Å². The van der Waals surface area contributed by atoms with Gasteiger partial charge in [-0.05, 0) is 43.4 Å². The first-order valence-electron chi connectivity index (χ1n) is 5.94. The lowest BCUT2D eigenvalue weighted by Crippen LogP contribution is -2.18. The number of non-ortho nitro benzene ring substituents is 1. The van der Waals surface area contributed by atoms with Crippen LogP contribution < -0.4 is 10.6 Å². The van der Waals surface area contributed by atoms with Crippen molar-refractivity contribution >= 4 is 34.4 Å². The summed E-state index contributed by atoms with van der Waals surface area (Å²) in [5.41, 5.74) is 2.80. The van der Waals surface area contributed by atoms with Crippen molar-refractivity contribution < 1.29 is 4.92 Å². The summed E-state index contributed by atoms with van der Waals surface area (Å²) in [5.74, 6) is 0. The minimum atomic E-state index is -0.438. The van der Waals surface area contributed by atoms with Gasteiger partial charge in [0.1, 0.15) is 0 Å². The van der Waals surface area contributed by atoms with Crippen LogP contribution in [-0.4, -0.2) is 10.0 Å². The molecule has 2 rings (SSSR count). The third-order valence-electron chi connectivity index (χ3n) is 2.65. The van der Waals surface area contributed by atoms with Crippen LogP contribution in [0.3, 0.4) is 0 Å². The number of anilines is 2. The highest BCUT2D eigenvalue weighted by atomic mass is 32.1. The van der Waals surface area contributed by atoms with E-state index in [1.165, 1.54) is 17.7 Å². The first kappa shape index (κ1) is 14.0. The molecule has 5 nitrogen and oxygen atoms in total. The number of thiocarbonyl (C=S) groups is 1. The molecule has 0 aromatic heterocycles. The minimum Gasteiger partial charge on any atom is -0.332 e. The summed E-state index contributed by atoms with van der Waals surface area (Å²) in [6.07, 6.45) is 0. The largest absolute Gasteiger partial charge is 0.332 e. The Balaban J connectivity index is 1.97. The first-order chi connectivity index (χ1) is 9.54. The number of benzene rings is 2. The molecule has 0 unspecified atom stereocenters. The third-order valence-corrected chi connectivity index (χ3v) is 2.85. The highest BCUT2D eigenvalue weighted by molar-refractivity contribution is 7.80. The Morgan fingerprint density at radius 2 is 1.45 bits per heavy atom. The van der Waals surface area contributed by atoms with Crippen LogP contribution in [0.2, 0.25) is 0 Å². The van der Waals surface area contributed by atoms with Gasteiger partial charge in [0.05, 0.1) is 4.92 Å². The maximum atomic E-state index is 10.6. The number of nitrogens with zero attached hydrogens (tertiary/aromatic N) is 1. The van der Waals surface area contributed by atoms with Gasteiger partial charge in [0, 0.05) is 23.5 Å². The van der Waals surface area contributed by atoms with E-state index in [9.17, 15) is 10.1 Å². The molecule has 0 amide bonds. The number of nitro benzene ring substituents is 1. The number of nitro groups is 1. The van der Waals surface area contributed by atoms with Gasteiger partial charge in [-0.3, -0.25) is 10.1 Å². The van der Waals surface area contributed by atoms with Crippen molar-refractivity contribution in [3.63, 3.8) is 0 Å². The molecule has 0 radical (unpaired) electrons. The lowest BCUT2D eigenvalue weighted by Gasteiger charge is -2.10. The van der Waals surface area contributed by atoms with Crippen LogP contribution in [0.15, 0.2) is 48.5 Å². The highest BCUT2D eigenvalue weighted by Crippen LogP contribution is 2.16. The fraction of sp³-hybridized carbons (Fsp3) is 0.0714. The third kappa shape index (κ3) is 3.76. The fourth-order valence-corrected chi connectivity index (χ4v) is 1.83. The smallest absolute Gasteiger partial charge is 0.269 e. The number of nitrogens with one attached hydrogen (secondary N) is 2. The van der Waals surface area contributed by atoms with Crippen molar-refractivity contribution in [3.8, 4) is 0 Å². The van der Waals surface area contributed by atoms with Crippen molar-refractivity contribution in [2.75, 3.05) is 10.6 Å². The Morgan fingerprint density at radius 1 is 1.00 bits per heavy atom. The van der Waals surface area contributed by atoms with E-state index in [2.05, 4.69) is 10.6 Å². The SMILES string of the molecule is Cc1ccc(NC(=S)Nc2ccc([N+](=O)[O-])cc2)cc1. The van der Waals surface area contributed by atoms with E-state index in [-0.39, 0.29) is 5.69 Å². The van der Waals surface area contributed by atoms with E-state index in [0.717, 1.165) is 5.69 Å². The number of rotatable bonds is 3. The van der Waals surface area contributed by atoms with Gasteiger partial charge in [0.15, 0.2) is 5.11 Å². The molecule has 0 saturated heterocycles. The molecule has 0 saturated carbocycles. The summed E-state index contributed by atoms with van der Waals surface area (Å²) in [5, 5.41) is 17.0. The quantitative estimate of drug-likeness (QED) is 0.511. The van der Waals surface area contributed by atoms with Crippen molar-refractivity contribution in [1.29, 1.82) is 0 Å². The molecule has 102 valence electrons. The summed E-state index contributed by atoms with van der Waals surface area (Å²) in [6.45, 7) is 2.01. The Morgan fingerprint density at radius 3 is 1.90 bits per heavy atom. The zero-order valence-electron chi connectivity index (χ0n) is 10.8. The van der Waals surface area contributed by atoms with E-state index in [1.54, 1.807) is 12.1 Å². The number of hydrogen-bond acceptors (Lipinski definition) is 3. The zero-order valence-corrected chi connectivity index (χ0v) is 11.6. The summed E-state index contributed by atoms with van der Waals surface area (Å²) in [7, 11) is 0. The van der Waals surface area contributed by atoms with Gasteiger partial charge in [0.25, 0.3) is 5.69 Å². The highest BCUT2D eigenvalue weighted by Gasteiger charge is 2.04. The second kappa shape index (κ2) is 6.12. The molecule has 20 heavy (non-hydrogen) atoms. The summed E-state index contributed by atoms with van der Waals surface area (Å²) in [4.78, 5) is 10.1. The van der Waals surface area contributed by atoms with Crippen LogP contribution in [0.4, 0.5) is 17.1 Å². The van der Waals surface area contributed by atoms with Gasteiger partial charge in [-0.1, -0.05) is 17.7 Å². The molecular weight excluding hydrogens is 274 g/mol. The maximum absolute atomic E-state index is 10.6.